The van der Waals surface area contributed by atoms with E-state index in [1.165, 1.54) is 25.7 Å². The van der Waals surface area contributed by atoms with Crippen LogP contribution < -0.4 is 10.5 Å². The van der Waals surface area contributed by atoms with Gasteiger partial charge in [0.15, 0.2) is 0 Å². The number of fused-ring (bicyclic) bond motifs is 1. The van der Waals surface area contributed by atoms with Crippen molar-refractivity contribution >= 4 is 5.82 Å². The van der Waals surface area contributed by atoms with Crippen LogP contribution in [-0.2, 0) is 0 Å². The van der Waals surface area contributed by atoms with Crippen molar-refractivity contribution in [3.63, 3.8) is 0 Å². The molecule has 118 valence electrons. The van der Waals surface area contributed by atoms with Gasteiger partial charge in [0.1, 0.15) is 5.82 Å². The second-order valence-electron chi connectivity index (χ2n) is 6.02. The summed E-state index contributed by atoms with van der Waals surface area (Å²) in [5.41, 5.74) is 8.79. The molecule has 0 radical (unpaired) electrons. The maximum Gasteiger partial charge on any atom is 0.215 e. The molecule has 0 bridgehead atoms. The highest BCUT2D eigenvalue weighted by atomic mass is 16.5. The molecular formula is C18H25N3O. The molecule has 4 nitrogen and oxygen atoms in total. The summed E-state index contributed by atoms with van der Waals surface area (Å²) in [5.74, 6) is 1.13. The number of hydrogen-bond donors (Lipinski definition) is 1. The van der Waals surface area contributed by atoms with E-state index in [0.29, 0.717) is 18.3 Å². The second kappa shape index (κ2) is 7.34. The van der Waals surface area contributed by atoms with E-state index < -0.39 is 0 Å². The van der Waals surface area contributed by atoms with Gasteiger partial charge in [-0.25, -0.2) is 0 Å². The average Bonchev–Trinajstić information content (AvgIpc) is 2.54. The van der Waals surface area contributed by atoms with Crippen molar-refractivity contribution < 1.29 is 4.74 Å². The fourth-order valence-electron chi connectivity index (χ4n) is 3.10. The summed E-state index contributed by atoms with van der Waals surface area (Å²) in [7, 11) is 0. The number of ether oxygens (including phenoxy) is 1. The zero-order valence-electron chi connectivity index (χ0n) is 13.1. The Morgan fingerprint density at radius 1 is 1.18 bits per heavy atom. The smallest absolute Gasteiger partial charge is 0.215 e. The lowest BCUT2D eigenvalue weighted by Gasteiger charge is -2.30. The molecular weight excluding hydrogens is 274 g/mol. The third-order valence-electron chi connectivity index (χ3n) is 4.29. The number of pyridine rings is 1. The van der Waals surface area contributed by atoms with Gasteiger partial charge in [0.05, 0.1) is 6.61 Å². The first-order valence-electron chi connectivity index (χ1n) is 8.31. The highest BCUT2D eigenvalue weighted by molar-refractivity contribution is 5.35. The fraction of sp³-hybridized carbons (Fsp3) is 0.500. The standard InChI is InChI=1S/C18H25N3O/c19-17-8-5-9-18(20-17)22-13-4-3-11-21-12-10-15-6-1-2-7-16(15)14-21/h5-6,8-9,14H,1-4,7,10-13H2,(H2,19,20). The van der Waals surface area contributed by atoms with Crippen molar-refractivity contribution in [3.8, 4) is 5.88 Å². The molecule has 0 saturated carbocycles. The highest BCUT2D eigenvalue weighted by Crippen LogP contribution is 2.30. The summed E-state index contributed by atoms with van der Waals surface area (Å²) in [5, 5.41) is 0. The number of unbranched alkanes of at least 4 members (excludes halogenated alkanes) is 1. The Labute approximate surface area is 132 Å². The van der Waals surface area contributed by atoms with Crippen LogP contribution in [0, 0.1) is 0 Å². The van der Waals surface area contributed by atoms with Crippen molar-refractivity contribution in [2.75, 3.05) is 25.4 Å². The van der Waals surface area contributed by atoms with Crippen LogP contribution >= 0.6 is 0 Å². The minimum atomic E-state index is 0.508. The van der Waals surface area contributed by atoms with Crippen LogP contribution in [0.15, 0.2) is 41.6 Å². The van der Waals surface area contributed by atoms with E-state index in [9.17, 15) is 0 Å². The lowest BCUT2D eigenvalue weighted by atomic mass is 9.90. The molecule has 1 aromatic heterocycles. The Bertz CT molecular complexity index is 565. The van der Waals surface area contributed by atoms with Crippen molar-refractivity contribution in [3.05, 3.63) is 41.6 Å². The van der Waals surface area contributed by atoms with Crippen LogP contribution in [0.5, 0.6) is 5.88 Å². The lowest BCUT2D eigenvalue weighted by Crippen LogP contribution is -2.26. The van der Waals surface area contributed by atoms with E-state index in [1.54, 1.807) is 17.2 Å². The summed E-state index contributed by atoms with van der Waals surface area (Å²) in [6, 6.07) is 5.49. The van der Waals surface area contributed by atoms with Gasteiger partial charge >= 0.3 is 0 Å². The third-order valence-corrected chi connectivity index (χ3v) is 4.29. The average molecular weight is 299 g/mol. The minimum absolute atomic E-state index is 0.508. The van der Waals surface area contributed by atoms with Crippen LogP contribution in [-0.4, -0.2) is 29.6 Å². The maximum atomic E-state index is 5.63. The van der Waals surface area contributed by atoms with Crippen LogP contribution in [0.1, 0.15) is 38.5 Å². The van der Waals surface area contributed by atoms with Gasteiger partial charge in [-0.3, -0.25) is 0 Å². The van der Waals surface area contributed by atoms with E-state index in [4.69, 9.17) is 10.5 Å². The highest BCUT2D eigenvalue weighted by Gasteiger charge is 2.16. The van der Waals surface area contributed by atoms with Gasteiger partial charge in [-0.05, 0) is 55.7 Å². The largest absolute Gasteiger partial charge is 0.478 e. The van der Waals surface area contributed by atoms with Crippen LogP contribution in [0.4, 0.5) is 5.82 Å². The number of nitrogen functional groups attached to an aromatic ring is 1. The SMILES string of the molecule is Nc1cccc(OCCCCN2C=C3CCCC=C3CC2)n1. The number of allylic oxidation sites excluding steroid dienone is 2. The molecule has 0 aromatic carbocycles. The molecule has 0 amide bonds. The van der Waals surface area contributed by atoms with Crippen molar-refractivity contribution in [2.45, 2.75) is 38.5 Å². The Kier molecular flexibility index (Phi) is 4.99. The van der Waals surface area contributed by atoms with Crippen LogP contribution in [0.25, 0.3) is 0 Å². The van der Waals surface area contributed by atoms with Gasteiger partial charge in [0.2, 0.25) is 5.88 Å². The summed E-state index contributed by atoms with van der Waals surface area (Å²) in [4.78, 5) is 6.60. The predicted molar refractivity (Wildman–Crippen MR) is 89.6 cm³/mol. The summed E-state index contributed by atoms with van der Waals surface area (Å²) >= 11 is 0. The molecule has 0 saturated heterocycles. The quantitative estimate of drug-likeness (QED) is 0.817. The van der Waals surface area contributed by atoms with Gasteiger partial charge in [-0.1, -0.05) is 12.1 Å². The maximum absolute atomic E-state index is 5.63. The van der Waals surface area contributed by atoms with Crippen LogP contribution in [0.3, 0.4) is 0 Å². The molecule has 4 heteroatoms. The van der Waals surface area contributed by atoms with Gasteiger partial charge in [0, 0.05) is 25.4 Å². The molecule has 1 aliphatic heterocycles. The first-order chi connectivity index (χ1) is 10.8. The Hall–Kier alpha value is -1.97. The number of hydrogen-bond acceptors (Lipinski definition) is 4. The van der Waals surface area contributed by atoms with Gasteiger partial charge in [-0.15, -0.1) is 0 Å². The van der Waals surface area contributed by atoms with Crippen LogP contribution in [0.2, 0.25) is 0 Å². The molecule has 2 heterocycles. The third kappa shape index (κ3) is 4.03. The first kappa shape index (κ1) is 14.9. The van der Waals surface area contributed by atoms with E-state index in [0.717, 1.165) is 25.9 Å². The number of nitrogens with two attached hydrogens (primary N) is 1. The minimum Gasteiger partial charge on any atom is -0.478 e. The van der Waals surface area contributed by atoms with Gasteiger partial charge < -0.3 is 15.4 Å². The van der Waals surface area contributed by atoms with E-state index in [-0.39, 0.29) is 0 Å². The molecule has 0 spiro atoms. The number of nitrogens with zero attached hydrogens (tertiary/aromatic N) is 2. The molecule has 0 unspecified atom stereocenters. The topological polar surface area (TPSA) is 51.4 Å². The lowest BCUT2D eigenvalue weighted by molar-refractivity contribution is 0.279. The number of rotatable bonds is 6. The fourth-order valence-corrected chi connectivity index (χ4v) is 3.10. The Balaban J connectivity index is 1.37. The Morgan fingerprint density at radius 2 is 2.14 bits per heavy atom. The second-order valence-corrected chi connectivity index (χ2v) is 6.02. The van der Waals surface area contributed by atoms with E-state index >= 15 is 0 Å². The predicted octanol–water partition coefficient (Wildman–Crippen LogP) is 3.52. The molecule has 1 aromatic rings. The normalized spacial score (nSPS) is 17.5. The van der Waals surface area contributed by atoms with Gasteiger partial charge in [0.25, 0.3) is 0 Å². The summed E-state index contributed by atoms with van der Waals surface area (Å²) in [6.45, 7) is 2.98. The van der Waals surface area contributed by atoms with E-state index in [1.807, 2.05) is 12.1 Å². The number of anilines is 1. The molecule has 0 fully saturated rings. The van der Waals surface area contributed by atoms with Crippen molar-refractivity contribution in [1.82, 2.24) is 9.88 Å². The molecule has 2 N–H and O–H groups in total. The van der Waals surface area contributed by atoms with Crippen molar-refractivity contribution in [1.29, 1.82) is 0 Å². The van der Waals surface area contributed by atoms with Gasteiger partial charge in [-0.2, -0.15) is 4.98 Å². The summed E-state index contributed by atoms with van der Waals surface area (Å²) < 4.78 is 5.63. The monoisotopic (exact) mass is 299 g/mol. The zero-order valence-corrected chi connectivity index (χ0v) is 13.1. The summed E-state index contributed by atoms with van der Waals surface area (Å²) in [6.07, 6.45) is 12.0. The Morgan fingerprint density at radius 3 is 3.05 bits per heavy atom. The molecule has 2 aliphatic rings. The van der Waals surface area contributed by atoms with E-state index in [2.05, 4.69) is 22.2 Å². The first-order valence-corrected chi connectivity index (χ1v) is 8.31. The zero-order chi connectivity index (χ0) is 15.2. The number of aromatic nitrogens is 1. The molecule has 3 rings (SSSR count). The molecule has 22 heavy (non-hydrogen) atoms. The molecule has 1 aliphatic carbocycles. The van der Waals surface area contributed by atoms with Crippen molar-refractivity contribution in [2.24, 2.45) is 0 Å². The molecule has 0 atom stereocenters.